The van der Waals surface area contributed by atoms with Gasteiger partial charge in [-0.2, -0.15) is 0 Å². The molecule has 4 heteroatoms. The molecule has 1 amide bonds. The van der Waals surface area contributed by atoms with Gasteiger partial charge >= 0.3 is 0 Å². The summed E-state index contributed by atoms with van der Waals surface area (Å²) in [4.78, 5) is 13.9. The van der Waals surface area contributed by atoms with Crippen molar-refractivity contribution in [3.63, 3.8) is 0 Å². The molecule has 0 aliphatic carbocycles. The lowest BCUT2D eigenvalue weighted by Crippen LogP contribution is -2.34. The fourth-order valence-electron chi connectivity index (χ4n) is 2.50. The summed E-state index contributed by atoms with van der Waals surface area (Å²) in [5.74, 6) is 1.16. The Morgan fingerprint density at radius 1 is 1.48 bits per heavy atom. The number of rotatable bonds is 7. The summed E-state index contributed by atoms with van der Waals surface area (Å²) < 4.78 is 11.0. The van der Waals surface area contributed by atoms with Gasteiger partial charge in [-0.3, -0.25) is 4.79 Å². The predicted molar refractivity (Wildman–Crippen MR) is 82.5 cm³/mol. The minimum absolute atomic E-state index is 0.0529. The van der Waals surface area contributed by atoms with Crippen LogP contribution in [-0.4, -0.2) is 44.2 Å². The molecule has 116 valence electrons. The summed E-state index contributed by atoms with van der Waals surface area (Å²) in [7, 11) is 1.86. The number of benzene rings is 1. The third-order valence-corrected chi connectivity index (χ3v) is 3.87. The monoisotopic (exact) mass is 291 g/mol. The molecule has 1 unspecified atom stereocenters. The van der Waals surface area contributed by atoms with Gasteiger partial charge in [-0.1, -0.05) is 19.1 Å². The van der Waals surface area contributed by atoms with Crippen molar-refractivity contribution >= 4 is 5.91 Å². The number of aryl methyl sites for hydroxylation is 1. The topological polar surface area (TPSA) is 38.8 Å². The Morgan fingerprint density at radius 2 is 2.33 bits per heavy atom. The molecule has 0 saturated carbocycles. The number of amides is 1. The van der Waals surface area contributed by atoms with E-state index in [4.69, 9.17) is 9.47 Å². The van der Waals surface area contributed by atoms with Crippen LogP contribution in [0.25, 0.3) is 0 Å². The minimum Gasteiger partial charge on any atom is -0.494 e. The van der Waals surface area contributed by atoms with Crippen molar-refractivity contribution in [1.29, 1.82) is 0 Å². The zero-order valence-corrected chi connectivity index (χ0v) is 13.0. The maximum Gasteiger partial charge on any atom is 0.227 e. The highest BCUT2D eigenvalue weighted by Crippen LogP contribution is 2.16. The molecule has 0 bridgehead atoms. The van der Waals surface area contributed by atoms with Crippen LogP contribution >= 0.6 is 0 Å². The van der Waals surface area contributed by atoms with E-state index in [9.17, 15) is 4.79 Å². The molecule has 2 rings (SSSR count). The van der Waals surface area contributed by atoms with E-state index in [0.717, 1.165) is 31.6 Å². The van der Waals surface area contributed by atoms with Crippen LogP contribution in [0.5, 0.6) is 5.75 Å². The fourth-order valence-corrected chi connectivity index (χ4v) is 2.50. The average Bonchev–Trinajstić information content (AvgIpc) is 3.05. The molecule has 21 heavy (non-hydrogen) atoms. The number of hydrogen-bond acceptors (Lipinski definition) is 3. The minimum atomic E-state index is 0.0529. The van der Waals surface area contributed by atoms with Gasteiger partial charge in [0.25, 0.3) is 0 Å². The number of carbonyl (C=O) groups excluding carboxylic acids is 1. The van der Waals surface area contributed by atoms with Gasteiger partial charge in [0.2, 0.25) is 5.91 Å². The van der Waals surface area contributed by atoms with Crippen molar-refractivity contribution in [3.8, 4) is 5.75 Å². The molecule has 1 aromatic rings. The highest BCUT2D eigenvalue weighted by molar-refractivity contribution is 5.78. The Morgan fingerprint density at radius 3 is 3.05 bits per heavy atom. The lowest BCUT2D eigenvalue weighted by Gasteiger charge is -2.20. The van der Waals surface area contributed by atoms with E-state index >= 15 is 0 Å². The molecule has 1 aliphatic rings. The van der Waals surface area contributed by atoms with E-state index in [0.29, 0.717) is 19.8 Å². The van der Waals surface area contributed by atoms with Crippen LogP contribution in [0.3, 0.4) is 0 Å². The third-order valence-electron chi connectivity index (χ3n) is 3.87. The predicted octanol–water partition coefficient (Wildman–Crippen LogP) is 2.51. The summed E-state index contributed by atoms with van der Waals surface area (Å²) in [5, 5.41) is 0. The molecule has 1 heterocycles. The number of ether oxygens (including phenoxy) is 2. The summed E-state index contributed by atoms with van der Waals surface area (Å²) in [6, 6.07) is 8.17. The molecule has 4 nitrogen and oxygen atoms in total. The largest absolute Gasteiger partial charge is 0.494 e. The lowest BCUT2D eigenvalue weighted by atomic mass is 10.1. The molecule has 1 aliphatic heterocycles. The first-order valence-corrected chi connectivity index (χ1v) is 7.75. The molecule has 1 atom stereocenters. The smallest absolute Gasteiger partial charge is 0.227 e. The van der Waals surface area contributed by atoms with Gasteiger partial charge < -0.3 is 14.4 Å². The van der Waals surface area contributed by atoms with Crippen molar-refractivity contribution < 1.29 is 14.3 Å². The summed E-state index contributed by atoms with van der Waals surface area (Å²) in [6.45, 7) is 4.77. The molecular formula is C17H25NO3. The van der Waals surface area contributed by atoms with Gasteiger partial charge in [0.1, 0.15) is 5.75 Å². The SMILES string of the molecule is CCc1cccc(OCCCN(C)C(=O)C2CCOC2)c1. The number of carbonyl (C=O) groups is 1. The van der Waals surface area contributed by atoms with Gasteiger partial charge in [0.15, 0.2) is 0 Å². The molecule has 1 fully saturated rings. The highest BCUT2D eigenvalue weighted by Gasteiger charge is 2.25. The van der Waals surface area contributed by atoms with E-state index < -0.39 is 0 Å². The Bertz CT molecular complexity index is 455. The van der Waals surface area contributed by atoms with Crippen LogP contribution in [0, 0.1) is 5.92 Å². The molecule has 1 saturated heterocycles. The zero-order chi connectivity index (χ0) is 15.1. The third kappa shape index (κ3) is 4.74. The average molecular weight is 291 g/mol. The molecule has 0 spiro atoms. The van der Waals surface area contributed by atoms with E-state index in [1.807, 2.05) is 19.2 Å². The first-order chi connectivity index (χ1) is 10.2. The molecule has 1 aromatic carbocycles. The van der Waals surface area contributed by atoms with Crippen LogP contribution in [0.2, 0.25) is 0 Å². The second-order valence-electron chi connectivity index (χ2n) is 5.52. The second kappa shape index (κ2) is 8.03. The lowest BCUT2D eigenvalue weighted by molar-refractivity contribution is -0.134. The highest BCUT2D eigenvalue weighted by atomic mass is 16.5. The summed E-state index contributed by atoms with van der Waals surface area (Å²) in [6.07, 6.45) is 2.70. The number of nitrogens with zero attached hydrogens (tertiary/aromatic N) is 1. The van der Waals surface area contributed by atoms with Crippen LogP contribution < -0.4 is 4.74 Å². The second-order valence-corrected chi connectivity index (χ2v) is 5.52. The van der Waals surface area contributed by atoms with Crippen molar-refractivity contribution in [2.24, 2.45) is 5.92 Å². The Hall–Kier alpha value is -1.55. The van der Waals surface area contributed by atoms with E-state index in [1.54, 1.807) is 4.90 Å². The van der Waals surface area contributed by atoms with Crippen molar-refractivity contribution in [2.45, 2.75) is 26.2 Å². The normalized spacial score (nSPS) is 17.7. The van der Waals surface area contributed by atoms with Gasteiger partial charge in [-0.15, -0.1) is 0 Å². The molecular weight excluding hydrogens is 266 g/mol. The summed E-state index contributed by atoms with van der Waals surface area (Å²) in [5.41, 5.74) is 1.28. The van der Waals surface area contributed by atoms with Gasteiger partial charge in [0, 0.05) is 20.2 Å². The Balaban J connectivity index is 1.67. The molecule has 0 radical (unpaired) electrons. The van der Waals surface area contributed by atoms with Gasteiger partial charge in [0.05, 0.1) is 19.1 Å². The van der Waals surface area contributed by atoms with Gasteiger partial charge in [-0.05, 0) is 37.0 Å². The number of hydrogen-bond donors (Lipinski definition) is 0. The quantitative estimate of drug-likeness (QED) is 0.725. The van der Waals surface area contributed by atoms with Crippen molar-refractivity contribution in [1.82, 2.24) is 4.90 Å². The van der Waals surface area contributed by atoms with E-state index in [2.05, 4.69) is 19.1 Å². The van der Waals surface area contributed by atoms with Gasteiger partial charge in [-0.25, -0.2) is 0 Å². The zero-order valence-electron chi connectivity index (χ0n) is 13.0. The first kappa shape index (κ1) is 15.8. The Kier molecular flexibility index (Phi) is 6.05. The molecule has 0 aromatic heterocycles. The van der Waals surface area contributed by atoms with Crippen LogP contribution in [0.4, 0.5) is 0 Å². The van der Waals surface area contributed by atoms with Crippen LogP contribution in [-0.2, 0) is 16.0 Å². The van der Waals surface area contributed by atoms with E-state index in [-0.39, 0.29) is 11.8 Å². The maximum atomic E-state index is 12.1. The first-order valence-electron chi connectivity index (χ1n) is 7.75. The van der Waals surface area contributed by atoms with Crippen molar-refractivity contribution in [3.05, 3.63) is 29.8 Å². The van der Waals surface area contributed by atoms with Crippen LogP contribution in [0.15, 0.2) is 24.3 Å². The van der Waals surface area contributed by atoms with Crippen LogP contribution in [0.1, 0.15) is 25.3 Å². The Labute approximate surface area is 127 Å². The van der Waals surface area contributed by atoms with Crippen molar-refractivity contribution in [2.75, 3.05) is 33.4 Å². The maximum absolute atomic E-state index is 12.1. The molecule has 0 N–H and O–H groups in total. The van der Waals surface area contributed by atoms with E-state index in [1.165, 1.54) is 5.56 Å². The summed E-state index contributed by atoms with van der Waals surface area (Å²) >= 11 is 0. The standard InChI is InChI=1S/C17H25NO3/c1-3-14-6-4-7-16(12-14)21-10-5-9-18(2)17(19)15-8-11-20-13-15/h4,6-7,12,15H,3,5,8-11,13H2,1-2H3. The fraction of sp³-hybridized carbons (Fsp3) is 0.588.